The first-order valence-corrected chi connectivity index (χ1v) is 9.10. The number of fused-ring (bicyclic) bond motifs is 1. The third-order valence-corrected chi connectivity index (χ3v) is 4.56. The van der Waals surface area contributed by atoms with Crippen LogP contribution < -0.4 is 10.1 Å². The zero-order chi connectivity index (χ0) is 18.5. The number of para-hydroxylation sites is 1. The van der Waals surface area contributed by atoms with Crippen LogP contribution in [0, 0.1) is 0 Å². The van der Waals surface area contributed by atoms with Crippen molar-refractivity contribution in [3.63, 3.8) is 0 Å². The molecule has 0 unspecified atom stereocenters. The maximum atomic E-state index is 5.92. The van der Waals surface area contributed by atoms with Crippen LogP contribution in [0.2, 0.25) is 0 Å². The summed E-state index contributed by atoms with van der Waals surface area (Å²) in [4.78, 5) is 4.01. The predicted molar refractivity (Wildman–Crippen MR) is 106 cm³/mol. The molecule has 0 bridgehead atoms. The number of aromatic nitrogens is 1. The number of hydrogen-bond donors (Lipinski definition) is 1. The second-order valence-electron chi connectivity index (χ2n) is 6.58. The van der Waals surface area contributed by atoms with E-state index in [0.717, 1.165) is 34.6 Å². The Morgan fingerprint density at radius 2 is 1.74 bits per heavy atom. The minimum atomic E-state index is 0.139. The van der Waals surface area contributed by atoms with E-state index in [1.165, 1.54) is 5.56 Å². The lowest BCUT2D eigenvalue weighted by atomic mass is 10.2. The zero-order valence-electron chi connectivity index (χ0n) is 15.3. The van der Waals surface area contributed by atoms with E-state index < -0.39 is 0 Å². The van der Waals surface area contributed by atoms with Crippen LogP contribution in [0.3, 0.4) is 0 Å². The van der Waals surface area contributed by atoms with Crippen LogP contribution in [0.25, 0.3) is 11.0 Å². The second-order valence-corrected chi connectivity index (χ2v) is 6.58. The van der Waals surface area contributed by atoms with Gasteiger partial charge in [0.15, 0.2) is 0 Å². The lowest BCUT2D eigenvalue weighted by Crippen LogP contribution is -2.17. The average molecular weight is 358 g/mol. The van der Waals surface area contributed by atoms with Gasteiger partial charge in [0.2, 0.25) is 0 Å². The Hall–Kier alpha value is -3.11. The highest BCUT2D eigenvalue weighted by molar-refractivity contribution is 5.77. The van der Waals surface area contributed by atoms with Gasteiger partial charge in [-0.05, 0) is 54.4 Å². The summed E-state index contributed by atoms with van der Waals surface area (Å²) in [7, 11) is 0. The van der Waals surface area contributed by atoms with Gasteiger partial charge in [0.05, 0.1) is 6.04 Å². The van der Waals surface area contributed by atoms with Gasteiger partial charge < -0.3 is 14.5 Å². The molecule has 4 aromatic rings. The number of nitrogens with one attached hydrogen (secondary N) is 1. The Morgan fingerprint density at radius 3 is 2.52 bits per heavy atom. The molecule has 0 aliphatic carbocycles. The van der Waals surface area contributed by atoms with Gasteiger partial charge in [0.1, 0.15) is 23.7 Å². The van der Waals surface area contributed by atoms with Gasteiger partial charge in [0, 0.05) is 24.3 Å². The Kier molecular flexibility index (Phi) is 5.17. The number of rotatable bonds is 7. The Morgan fingerprint density at radius 1 is 0.963 bits per heavy atom. The highest BCUT2D eigenvalue weighted by Gasteiger charge is 2.10. The molecule has 4 heteroatoms. The van der Waals surface area contributed by atoms with Crippen molar-refractivity contribution in [2.45, 2.75) is 26.1 Å². The maximum Gasteiger partial charge on any atom is 0.134 e. The van der Waals surface area contributed by atoms with E-state index in [-0.39, 0.29) is 6.04 Å². The van der Waals surface area contributed by atoms with E-state index >= 15 is 0 Å². The number of hydrogen-bond acceptors (Lipinski definition) is 4. The Balaban J connectivity index is 1.31. The molecule has 27 heavy (non-hydrogen) atoms. The summed E-state index contributed by atoms with van der Waals surface area (Å²) >= 11 is 0. The molecule has 0 radical (unpaired) electrons. The molecule has 0 spiro atoms. The first-order valence-electron chi connectivity index (χ1n) is 9.10. The van der Waals surface area contributed by atoms with Gasteiger partial charge in [-0.2, -0.15) is 0 Å². The summed E-state index contributed by atoms with van der Waals surface area (Å²) in [6, 6.07) is 22.4. The van der Waals surface area contributed by atoms with Crippen molar-refractivity contribution in [3.05, 3.63) is 96.0 Å². The van der Waals surface area contributed by atoms with Gasteiger partial charge in [0.25, 0.3) is 0 Å². The van der Waals surface area contributed by atoms with Gasteiger partial charge in [-0.1, -0.05) is 30.3 Å². The van der Waals surface area contributed by atoms with E-state index in [9.17, 15) is 0 Å². The summed E-state index contributed by atoms with van der Waals surface area (Å²) in [5.74, 6) is 1.81. The lowest BCUT2D eigenvalue weighted by molar-refractivity contribution is 0.306. The molecular formula is C23H22N2O2. The van der Waals surface area contributed by atoms with E-state index in [0.29, 0.717) is 6.61 Å². The van der Waals surface area contributed by atoms with Crippen LogP contribution in [0.4, 0.5) is 0 Å². The van der Waals surface area contributed by atoms with E-state index in [2.05, 4.69) is 41.5 Å². The van der Waals surface area contributed by atoms with Crippen molar-refractivity contribution in [1.29, 1.82) is 0 Å². The summed E-state index contributed by atoms with van der Waals surface area (Å²) < 4.78 is 11.7. The predicted octanol–water partition coefficient (Wildman–Crippen LogP) is 5.26. The average Bonchev–Trinajstić information content (AvgIpc) is 3.16. The summed E-state index contributed by atoms with van der Waals surface area (Å²) in [6.45, 7) is 3.43. The summed E-state index contributed by atoms with van der Waals surface area (Å²) in [6.07, 6.45) is 3.55. The maximum absolute atomic E-state index is 5.92. The van der Waals surface area contributed by atoms with Crippen LogP contribution in [0.15, 0.2) is 83.5 Å². The van der Waals surface area contributed by atoms with Crippen molar-refractivity contribution in [2.75, 3.05) is 0 Å². The minimum absolute atomic E-state index is 0.139. The molecule has 2 aromatic carbocycles. The van der Waals surface area contributed by atoms with Crippen LogP contribution in [0.5, 0.6) is 5.75 Å². The third-order valence-electron chi connectivity index (χ3n) is 4.56. The molecule has 1 N–H and O–H groups in total. The van der Waals surface area contributed by atoms with Crippen molar-refractivity contribution in [2.24, 2.45) is 0 Å². The molecule has 2 heterocycles. The number of ether oxygens (including phenoxy) is 1. The summed E-state index contributed by atoms with van der Waals surface area (Å²) in [5, 5.41) is 4.65. The normalized spacial score (nSPS) is 12.2. The fourth-order valence-corrected chi connectivity index (χ4v) is 2.94. The Bertz CT molecular complexity index is 961. The van der Waals surface area contributed by atoms with Crippen LogP contribution in [-0.2, 0) is 13.2 Å². The molecule has 0 aliphatic rings. The molecule has 0 amide bonds. The van der Waals surface area contributed by atoms with Crippen molar-refractivity contribution < 1.29 is 9.15 Å². The first kappa shape index (κ1) is 17.3. The minimum Gasteiger partial charge on any atom is -0.489 e. The van der Waals surface area contributed by atoms with Crippen LogP contribution in [-0.4, -0.2) is 4.98 Å². The van der Waals surface area contributed by atoms with Crippen molar-refractivity contribution >= 4 is 11.0 Å². The van der Waals surface area contributed by atoms with Crippen molar-refractivity contribution in [1.82, 2.24) is 10.3 Å². The number of nitrogens with zero attached hydrogens (tertiary/aromatic N) is 1. The monoisotopic (exact) mass is 358 g/mol. The fourth-order valence-electron chi connectivity index (χ4n) is 2.94. The quantitative estimate of drug-likeness (QED) is 0.490. The third kappa shape index (κ3) is 4.36. The molecule has 0 fully saturated rings. The zero-order valence-corrected chi connectivity index (χ0v) is 15.3. The van der Waals surface area contributed by atoms with E-state index in [4.69, 9.17) is 9.15 Å². The molecule has 136 valence electrons. The van der Waals surface area contributed by atoms with E-state index in [1.54, 1.807) is 12.4 Å². The molecule has 0 saturated heterocycles. The topological polar surface area (TPSA) is 47.3 Å². The standard InChI is InChI=1S/C23H22N2O2/c1-17(23-14-20-4-2-3-5-22(20)27-23)25-15-18-6-8-21(9-7-18)26-16-19-10-12-24-13-11-19/h2-14,17,25H,15-16H2,1H3/t17-/m0/s1. The van der Waals surface area contributed by atoms with Crippen LogP contribution >= 0.6 is 0 Å². The number of pyridine rings is 1. The molecule has 1 atom stereocenters. The largest absolute Gasteiger partial charge is 0.489 e. The molecule has 0 saturated carbocycles. The van der Waals surface area contributed by atoms with Gasteiger partial charge in [-0.15, -0.1) is 0 Å². The Labute approximate surface area is 158 Å². The van der Waals surface area contributed by atoms with Gasteiger partial charge >= 0.3 is 0 Å². The smallest absolute Gasteiger partial charge is 0.134 e. The van der Waals surface area contributed by atoms with E-state index in [1.807, 2.05) is 42.5 Å². The van der Waals surface area contributed by atoms with Crippen molar-refractivity contribution in [3.8, 4) is 5.75 Å². The highest BCUT2D eigenvalue weighted by Crippen LogP contribution is 2.24. The van der Waals surface area contributed by atoms with Crippen LogP contribution in [0.1, 0.15) is 29.9 Å². The van der Waals surface area contributed by atoms with Gasteiger partial charge in [-0.3, -0.25) is 4.98 Å². The SMILES string of the molecule is C[C@H](NCc1ccc(OCc2ccncc2)cc1)c1cc2ccccc2o1. The first-order chi connectivity index (χ1) is 13.3. The molecule has 2 aromatic heterocycles. The molecular weight excluding hydrogens is 336 g/mol. The molecule has 4 rings (SSSR count). The number of benzene rings is 2. The fraction of sp³-hybridized carbons (Fsp3) is 0.174. The highest BCUT2D eigenvalue weighted by atomic mass is 16.5. The molecule has 4 nitrogen and oxygen atoms in total. The summed E-state index contributed by atoms with van der Waals surface area (Å²) in [5.41, 5.74) is 3.24. The van der Waals surface area contributed by atoms with Gasteiger partial charge in [-0.25, -0.2) is 0 Å². The number of furan rings is 1. The molecule has 0 aliphatic heterocycles. The second kappa shape index (κ2) is 8.06. The lowest BCUT2D eigenvalue weighted by Gasteiger charge is -2.12.